The van der Waals surface area contributed by atoms with Gasteiger partial charge >= 0.3 is 0 Å². The first-order valence-corrected chi connectivity index (χ1v) is 6.42. The van der Waals surface area contributed by atoms with Crippen LogP contribution >= 0.6 is 34.8 Å². The Hall–Kier alpha value is -0.220. The molecule has 0 aromatic carbocycles. The second-order valence-corrected chi connectivity index (χ2v) is 6.03. The highest BCUT2D eigenvalue weighted by Crippen LogP contribution is 2.43. The van der Waals surface area contributed by atoms with Crippen molar-refractivity contribution in [1.82, 2.24) is 4.98 Å². The van der Waals surface area contributed by atoms with E-state index in [4.69, 9.17) is 34.8 Å². The zero-order valence-corrected chi connectivity index (χ0v) is 11.7. The van der Waals surface area contributed by atoms with Crippen LogP contribution in [-0.2, 0) is 0 Å². The van der Waals surface area contributed by atoms with Gasteiger partial charge in [-0.25, -0.2) is 4.98 Å². The van der Waals surface area contributed by atoms with E-state index in [1.165, 1.54) is 0 Å². The number of hydrogen-bond acceptors (Lipinski definition) is 3. The van der Waals surface area contributed by atoms with Crippen LogP contribution in [0.1, 0.15) is 20.3 Å². The first kappa shape index (κ1) is 13.2. The van der Waals surface area contributed by atoms with E-state index in [0.29, 0.717) is 22.3 Å². The Morgan fingerprint density at radius 2 is 2.00 bits per heavy atom. The lowest BCUT2D eigenvalue weighted by atomic mass is 9.64. The summed E-state index contributed by atoms with van der Waals surface area (Å²) >= 11 is 17.7. The highest BCUT2D eigenvalue weighted by atomic mass is 35.5. The van der Waals surface area contributed by atoms with Gasteiger partial charge in [-0.2, -0.15) is 0 Å². The predicted octanol–water partition coefficient (Wildman–Crippen LogP) is 3.61. The molecule has 17 heavy (non-hydrogen) atoms. The average molecular weight is 296 g/mol. The van der Waals surface area contributed by atoms with Crippen LogP contribution in [0.4, 0.5) is 5.82 Å². The Morgan fingerprint density at radius 3 is 2.53 bits per heavy atom. The fourth-order valence-corrected chi connectivity index (χ4v) is 2.41. The third-order valence-corrected chi connectivity index (χ3v) is 4.37. The number of aliphatic hydroxyl groups is 1. The molecule has 2 atom stereocenters. The van der Waals surface area contributed by atoms with Crippen molar-refractivity contribution in [2.45, 2.75) is 32.4 Å². The topological polar surface area (TPSA) is 45.1 Å². The van der Waals surface area contributed by atoms with Crippen molar-refractivity contribution < 1.29 is 5.11 Å². The van der Waals surface area contributed by atoms with Gasteiger partial charge in [-0.3, -0.25) is 0 Å². The molecule has 1 aliphatic rings. The Morgan fingerprint density at radius 1 is 1.35 bits per heavy atom. The number of halogens is 3. The molecule has 6 heteroatoms. The molecular weight excluding hydrogens is 282 g/mol. The van der Waals surface area contributed by atoms with Gasteiger partial charge in [-0.1, -0.05) is 48.7 Å². The Bertz CT molecular complexity index is 451. The SMILES string of the molecule is CC1(C)C(O)CC1Nc1nc(Cl)c(Cl)cc1Cl. The second kappa shape index (κ2) is 4.47. The summed E-state index contributed by atoms with van der Waals surface area (Å²) < 4.78 is 0. The molecule has 1 fully saturated rings. The summed E-state index contributed by atoms with van der Waals surface area (Å²) in [6, 6.07) is 1.68. The molecule has 2 unspecified atom stereocenters. The smallest absolute Gasteiger partial charge is 0.150 e. The highest BCUT2D eigenvalue weighted by molar-refractivity contribution is 6.42. The lowest BCUT2D eigenvalue weighted by Gasteiger charge is -2.49. The lowest BCUT2D eigenvalue weighted by molar-refractivity contribution is -0.0511. The van der Waals surface area contributed by atoms with Crippen LogP contribution in [-0.4, -0.2) is 22.2 Å². The average Bonchev–Trinajstić information content (AvgIpc) is 2.25. The monoisotopic (exact) mass is 294 g/mol. The maximum Gasteiger partial charge on any atom is 0.150 e. The van der Waals surface area contributed by atoms with Gasteiger partial charge in [-0.15, -0.1) is 0 Å². The first-order valence-electron chi connectivity index (χ1n) is 5.28. The van der Waals surface area contributed by atoms with Crippen molar-refractivity contribution >= 4 is 40.6 Å². The minimum Gasteiger partial charge on any atom is -0.392 e. The van der Waals surface area contributed by atoms with Gasteiger partial charge in [-0.05, 0) is 12.5 Å². The Balaban J connectivity index is 2.18. The fourth-order valence-electron chi connectivity index (χ4n) is 1.86. The molecule has 1 saturated carbocycles. The van der Waals surface area contributed by atoms with Gasteiger partial charge in [0, 0.05) is 11.5 Å². The summed E-state index contributed by atoms with van der Waals surface area (Å²) in [7, 11) is 0. The summed E-state index contributed by atoms with van der Waals surface area (Å²) in [6.45, 7) is 3.98. The molecule has 1 heterocycles. The van der Waals surface area contributed by atoms with E-state index in [1.807, 2.05) is 13.8 Å². The highest BCUT2D eigenvalue weighted by Gasteiger charge is 2.47. The fraction of sp³-hybridized carbons (Fsp3) is 0.545. The zero-order valence-electron chi connectivity index (χ0n) is 9.47. The molecule has 2 rings (SSSR count). The number of aromatic nitrogens is 1. The van der Waals surface area contributed by atoms with Crippen LogP contribution in [0.25, 0.3) is 0 Å². The van der Waals surface area contributed by atoms with E-state index in [1.54, 1.807) is 6.07 Å². The van der Waals surface area contributed by atoms with Crippen molar-refractivity contribution in [1.29, 1.82) is 0 Å². The van der Waals surface area contributed by atoms with E-state index in [2.05, 4.69) is 10.3 Å². The van der Waals surface area contributed by atoms with Crippen molar-refractivity contribution in [3.8, 4) is 0 Å². The quantitative estimate of drug-likeness (QED) is 0.819. The predicted molar refractivity (Wildman–Crippen MR) is 71.1 cm³/mol. The molecule has 0 spiro atoms. The summed E-state index contributed by atoms with van der Waals surface area (Å²) in [6.07, 6.45) is 0.368. The van der Waals surface area contributed by atoms with Crippen LogP contribution < -0.4 is 5.32 Å². The molecular formula is C11H13Cl3N2O. The normalized spacial score (nSPS) is 26.5. The van der Waals surface area contributed by atoms with Crippen LogP contribution in [0.3, 0.4) is 0 Å². The Kier molecular flexibility index (Phi) is 3.47. The van der Waals surface area contributed by atoms with Crippen molar-refractivity contribution in [3.63, 3.8) is 0 Å². The van der Waals surface area contributed by atoms with Crippen LogP contribution in [0.5, 0.6) is 0 Å². The molecule has 1 aromatic rings. The second-order valence-electron chi connectivity index (χ2n) is 4.86. The molecule has 0 radical (unpaired) electrons. The van der Waals surface area contributed by atoms with Gasteiger partial charge in [0.15, 0.2) is 0 Å². The standard InChI is InChI=1S/C11H13Cl3N2O/c1-11(2)7(4-8(11)17)15-10-6(13)3-5(12)9(14)16-10/h3,7-8,17H,4H2,1-2H3,(H,15,16). The minimum absolute atomic E-state index is 0.125. The summed E-state index contributed by atoms with van der Waals surface area (Å²) in [5.74, 6) is 0.506. The lowest BCUT2D eigenvalue weighted by Crippen LogP contribution is -2.57. The Labute approximate surface area is 115 Å². The molecule has 0 amide bonds. The molecule has 0 bridgehead atoms. The number of hydrogen-bond donors (Lipinski definition) is 2. The first-order chi connectivity index (χ1) is 7.82. The van der Waals surface area contributed by atoms with Crippen molar-refractivity contribution in [3.05, 3.63) is 21.3 Å². The van der Waals surface area contributed by atoms with Gasteiger partial charge < -0.3 is 10.4 Å². The number of anilines is 1. The van der Waals surface area contributed by atoms with E-state index in [0.717, 1.165) is 0 Å². The van der Waals surface area contributed by atoms with Gasteiger partial charge in [0.25, 0.3) is 0 Å². The molecule has 0 saturated heterocycles. The maximum absolute atomic E-state index is 9.65. The van der Waals surface area contributed by atoms with Crippen LogP contribution in [0, 0.1) is 5.41 Å². The summed E-state index contributed by atoms with van der Waals surface area (Å²) in [4.78, 5) is 4.09. The largest absolute Gasteiger partial charge is 0.392 e. The van der Waals surface area contributed by atoms with E-state index >= 15 is 0 Å². The number of rotatable bonds is 2. The van der Waals surface area contributed by atoms with Crippen molar-refractivity contribution in [2.75, 3.05) is 5.32 Å². The molecule has 94 valence electrons. The number of nitrogens with one attached hydrogen (secondary N) is 1. The molecule has 0 aliphatic heterocycles. The van der Waals surface area contributed by atoms with E-state index in [9.17, 15) is 5.11 Å². The summed E-state index contributed by atoms with van der Waals surface area (Å²) in [5, 5.41) is 13.8. The van der Waals surface area contributed by atoms with Crippen LogP contribution in [0.2, 0.25) is 15.2 Å². The molecule has 1 aromatic heterocycles. The third kappa shape index (κ3) is 2.34. The van der Waals surface area contributed by atoms with E-state index < -0.39 is 0 Å². The summed E-state index contributed by atoms with van der Waals surface area (Å²) in [5.41, 5.74) is -0.197. The number of aliphatic hydroxyl groups excluding tert-OH is 1. The van der Waals surface area contributed by atoms with Gasteiger partial charge in [0.1, 0.15) is 11.0 Å². The third-order valence-electron chi connectivity index (χ3n) is 3.41. The number of nitrogens with zero attached hydrogens (tertiary/aromatic N) is 1. The molecule has 2 N–H and O–H groups in total. The number of pyridine rings is 1. The molecule has 3 nitrogen and oxygen atoms in total. The maximum atomic E-state index is 9.65. The van der Waals surface area contributed by atoms with Gasteiger partial charge in [0.2, 0.25) is 0 Å². The van der Waals surface area contributed by atoms with E-state index in [-0.39, 0.29) is 22.7 Å². The van der Waals surface area contributed by atoms with Crippen LogP contribution in [0.15, 0.2) is 6.07 Å². The zero-order chi connectivity index (χ0) is 12.8. The van der Waals surface area contributed by atoms with Crippen molar-refractivity contribution in [2.24, 2.45) is 5.41 Å². The molecule has 1 aliphatic carbocycles. The van der Waals surface area contributed by atoms with Gasteiger partial charge in [0.05, 0.1) is 16.1 Å². The minimum atomic E-state index is -0.304.